The highest BCUT2D eigenvalue weighted by molar-refractivity contribution is 5.59. The third-order valence-corrected chi connectivity index (χ3v) is 4.18. The standard InChI is InChI=1S/C15H13N3O3/c19-13-11-5-6-15(7-8-15)21-14(11)17-12(16-13)9-1-3-10(18-20)4-2-9/h1-4H,5-8H2,(H,16,17,19). The maximum atomic E-state index is 12.2. The quantitative estimate of drug-likeness (QED) is 0.859. The van der Waals surface area contributed by atoms with Crippen LogP contribution in [-0.2, 0) is 6.42 Å². The molecule has 6 heteroatoms. The normalized spacial score (nSPS) is 17.9. The van der Waals surface area contributed by atoms with Gasteiger partial charge < -0.3 is 9.72 Å². The molecule has 4 rings (SSSR count). The Morgan fingerprint density at radius 2 is 1.95 bits per heavy atom. The van der Waals surface area contributed by atoms with Crippen molar-refractivity contribution in [3.8, 4) is 17.3 Å². The van der Waals surface area contributed by atoms with Crippen molar-refractivity contribution < 1.29 is 4.74 Å². The largest absolute Gasteiger partial charge is 0.471 e. The number of benzene rings is 1. The van der Waals surface area contributed by atoms with E-state index in [1.807, 2.05) is 0 Å². The van der Waals surface area contributed by atoms with E-state index in [0.29, 0.717) is 29.4 Å². The number of H-pyrrole nitrogens is 1. The maximum Gasteiger partial charge on any atom is 0.258 e. The minimum atomic E-state index is -0.150. The van der Waals surface area contributed by atoms with Crippen molar-refractivity contribution in [1.29, 1.82) is 0 Å². The van der Waals surface area contributed by atoms with Gasteiger partial charge in [0, 0.05) is 5.56 Å². The predicted octanol–water partition coefficient (Wildman–Crippen LogP) is 2.69. The summed E-state index contributed by atoms with van der Waals surface area (Å²) >= 11 is 0. The zero-order valence-corrected chi connectivity index (χ0v) is 11.3. The lowest BCUT2D eigenvalue weighted by Crippen LogP contribution is -2.30. The lowest BCUT2D eigenvalue weighted by molar-refractivity contribution is 0.142. The van der Waals surface area contributed by atoms with Crippen LogP contribution in [0.15, 0.2) is 34.2 Å². The number of rotatable bonds is 2. The molecule has 2 aromatic rings. The highest BCUT2D eigenvalue weighted by atomic mass is 16.5. The van der Waals surface area contributed by atoms with E-state index in [-0.39, 0.29) is 11.2 Å². The zero-order valence-electron chi connectivity index (χ0n) is 11.3. The number of aromatic nitrogens is 2. The molecule has 0 unspecified atom stereocenters. The number of aromatic amines is 1. The van der Waals surface area contributed by atoms with Crippen LogP contribution in [-0.4, -0.2) is 15.6 Å². The van der Waals surface area contributed by atoms with Crippen molar-refractivity contribution in [2.75, 3.05) is 0 Å². The number of nitrogens with one attached hydrogen (secondary N) is 1. The summed E-state index contributed by atoms with van der Waals surface area (Å²) in [5.74, 6) is 0.906. The SMILES string of the molecule is O=Nc1ccc(-c2nc3c(c(=O)[nH]2)CCC2(CC2)O3)cc1. The van der Waals surface area contributed by atoms with Gasteiger partial charge in [0.25, 0.3) is 5.56 Å². The van der Waals surface area contributed by atoms with E-state index in [2.05, 4.69) is 15.1 Å². The zero-order chi connectivity index (χ0) is 14.4. The molecule has 0 radical (unpaired) electrons. The van der Waals surface area contributed by atoms with Gasteiger partial charge in [-0.3, -0.25) is 4.79 Å². The van der Waals surface area contributed by atoms with Gasteiger partial charge in [-0.2, -0.15) is 4.98 Å². The molecule has 0 atom stereocenters. The van der Waals surface area contributed by atoms with Crippen molar-refractivity contribution >= 4 is 5.69 Å². The van der Waals surface area contributed by atoms with Gasteiger partial charge in [0.1, 0.15) is 17.1 Å². The molecular formula is C15H13N3O3. The molecule has 1 aliphatic heterocycles. The fourth-order valence-corrected chi connectivity index (χ4v) is 2.70. The van der Waals surface area contributed by atoms with E-state index in [9.17, 15) is 9.70 Å². The van der Waals surface area contributed by atoms with Crippen LogP contribution in [0.1, 0.15) is 24.8 Å². The molecule has 1 aliphatic carbocycles. The molecule has 1 fully saturated rings. The van der Waals surface area contributed by atoms with Crippen molar-refractivity contribution in [3.63, 3.8) is 0 Å². The lowest BCUT2D eigenvalue weighted by Gasteiger charge is -2.24. The topological polar surface area (TPSA) is 84.4 Å². The summed E-state index contributed by atoms with van der Waals surface area (Å²) in [5.41, 5.74) is 1.47. The first kappa shape index (κ1) is 12.3. The van der Waals surface area contributed by atoms with E-state index in [1.54, 1.807) is 24.3 Å². The summed E-state index contributed by atoms with van der Waals surface area (Å²) < 4.78 is 5.92. The van der Waals surface area contributed by atoms with Crippen molar-refractivity contribution in [2.45, 2.75) is 31.3 Å². The number of nitroso groups, excluding NO2 is 1. The van der Waals surface area contributed by atoms with E-state index < -0.39 is 0 Å². The van der Waals surface area contributed by atoms with Gasteiger partial charge in [0.2, 0.25) is 5.88 Å². The second kappa shape index (κ2) is 4.25. The molecule has 2 aliphatic rings. The summed E-state index contributed by atoms with van der Waals surface area (Å²) in [6.07, 6.45) is 3.68. The molecule has 1 spiro atoms. The molecule has 2 heterocycles. The number of ether oxygens (including phenoxy) is 1. The number of fused-ring (bicyclic) bond motifs is 1. The monoisotopic (exact) mass is 283 g/mol. The van der Waals surface area contributed by atoms with Crippen LogP contribution >= 0.6 is 0 Å². The van der Waals surface area contributed by atoms with Crippen molar-refractivity contribution in [1.82, 2.24) is 9.97 Å². The van der Waals surface area contributed by atoms with Crippen LogP contribution < -0.4 is 10.3 Å². The maximum absolute atomic E-state index is 12.2. The Bertz CT molecular complexity index is 776. The summed E-state index contributed by atoms with van der Waals surface area (Å²) in [5, 5.41) is 2.85. The highest BCUT2D eigenvalue weighted by Crippen LogP contribution is 2.47. The second-order valence-corrected chi connectivity index (χ2v) is 5.62. The number of hydrogen-bond donors (Lipinski definition) is 1. The van der Waals surface area contributed by atoms with E-state index in [1.165, 1.54) is 0 Å². The van der Waals surface area contributed by atoms with Crippen LogP contribution in [0.2, 0.25) is 0 Å². The van der Waals surface area contributed by atoms with Crippen LogP contribution in [0, 0.1) is 4.91 Å². The fraction of sp³-hybridized carbons (Fsp3) is 0.333. The number of hydrogen-bond acceptors (Lipinski definition) is 5. The van der Waals surface area contributed by atoms with Gasteiger partial charge in [0.15, 0.2) is 0 Å². The Labute approximate surface area is 120 Å². The predicted molar refractivity (Wildman–Crippen MR) is 76.7 cm³/mol. The lowest BCUT2D eigenvalue weighted by atomic mass is 10.0. The molecular weight excluding hydrogens is 270 g/mol. The molecule has 1 aromatic heterocycles. The Kier molecular flexibility index (Phi) is 2.48. The Hall–Kier alpha value is -2.50. The molecule has 1 N–H and O–H groups in total. The summed E-state index contributed by atoms with van der Waals surface area (Å²) in [4.78, 5) is 29.8. The van der Waals surface area contributed by atoms with Crippen molar-refractivity contribution in [2.24, 2.45) is 5.18 Å². The Morgan fingerprint density at radius 3 is 2.62 bits per heavy atom. The molecule has 21 heavy (non-hydrogen) atoms. The molecule has 1 aromatic carbocycles. The minimum Gasteiger partial charge on any atom is -0.471 e. The van der Waals surface area contributed by atoms with Crippen LogP contribution in [0.3, 0.4) is 0 Å². The third kappa shape index (κ3) is 2.03. The smallest absolute Gasteiger partial charge is 0.258 e. The summed E-state index contributed by atoms with van der Waals surface area (Å²) in [6.45, 7) is 0. The first-order valence-corrected chi connectivity index (χ1v) is 6.95. The number of nitrogens with zero attached hydrogens (tertiary/aromatic N) is 2. The minimum absolute atomic E-state index is 0.0731. The summed E-state index contributed by atoms with van der Waals surface area (Å²) in [6, 6.07) is 6.59. The highest BCUT2D eigenvalue weighted by Gasteiger charge is 2.48. The average Bonchev–Trinajstić information content (AvgIpc) is 3.25. The Morgan fingerprint density at radius 1 is 1.19 bits per heavy atom. The molecule has 0 saturated heterocycles. The van der Waals surface area contributed by atoms with Crippen molar-refractivity contribution in [3.05, 3.63) is 45.1 Å². The van der Waals surface area contributed by atoms with E-state index in [4.69, 9.17) is 4.74 Å². The third-order valence-electron chi connectivity index (χ3n) is 4.18. The van der Waals surface area contributed by atoms with Gasteiger partial charge in [-0.25, -0.2) is 0 Å². The first-order chi connectivity index (χ1) is 10.2. The van der Waals surface area contributed by atoms with Crippen LogP contribution in [0.25, 0.3) is 11.4 Å². The first-order valence-electron chi connectivity index (χ1n) is 6.95. The van der Waals surface area contributed by atoms with E-state index in [0.717, 1.165) is 24.8 Å². The fourth-order valence-electron chi connectivity index (χ4n) is 2.70. The van der Waals surface area contributed by atoms with E-state index >= 15 is 0 Å². The molecule has 106 valence electrons. The second-order valence-electron chi connectivity index (χ2n) is 5.62. The molecule has 6 nitrogen and oxygen atoms in total. The summed E-state index contributed by atoms with van der Waals surface area (Å²) in [7, 11) is 0. The van der Waals surface area contributed by atoms with Crippen LogP contribution in [0.4, 0.5) is 5.69 Å². The van der Waals surface area contributed by atoms with Gasteiger partial charge >= 0.3 is 0 Å². The molecule has 1 saturated carbocycles. The average molecular weight is 283 g/mol. The Balaban J connectivity index is 1.77. The van der Waals surface area contributed by atoms with Gasteiger partial charge in [-0.05, 0) is 55.1 Å². The van der Waals surface area contributed by atoms with Gasteiger partial charge in [-0.15, -0.1) is 4.91 Å². The van der Waals surface area contributed by atoms with Gasteiger partial charge in [-0.1, -0.05) is 0 Å². The molecule has 0 amide bonds. The van der Waals surface area contributed by atoms with Gasteiger partial charge in [0.05, 0.1) is 5.56 Å². The van der Waals surface area contributed by atoms with Crippen LogP contribution in [0.5, 0.6) is 5.88 Å². The molecule has 0 bridgehead atoms.